The quantitative estimate of drug-likeness (QED) is 0.674. The lowest BCUT2D eigenvalue weighted by molar-refractivity contribution is -0.137. The summed E-state index contributed by atoms with van der Waals surface area (Å²) in [6, 6.07) is 7.19. The van der Waals surface area contributed by atoms with Gasteiger partial charge in [0.25, 0.3) is 0 Å². The normalized spacial score (nSPS) is 12.2. The minimum absolute atomic E-state index is 0.00306. The van der Waals surface area contributed by atoms with Gasteiger partial charge in [0.15, 0.2) is 0 Å². The molecule has 6 nitrogen and oxygen atoms in total. The number of aryl methyl sites for hydroxylation is 2. The third kappa shape index (κ3) is 4.02. The predicted octanol–water partition coefficient (Wildman–Crippen LogP) is 4.15. The first kappa shape index (κ1) is 19.9. The number of sulfonamides is 1. The highest BCUT2D eigenvalue weighted by Gasteiger charge is 2.31. The van der Waals surface area contributed by atoms with Gasteiger partial charge in [0.05, 0.1) is 16.0 Å². The first-order chi connectivity index (χ1) is 13.0. The Kier molecular flexibility index (Phi) is 4.94. The van der Waals surface area contributed by atoms with Crippen molar-refractivity contribution in [3.63, 3.8) is 0 Å². The summed E-state index contributed by atoms with van der Waals surface area (Å²) in [4.78, 5) is 6.81. The highest BCUT2D eigenvalue weighted by Crippen LogP contribution is 2.39. The molecule has 2 aromatic carbocycles. The van der Waals surface area contributed by atoms with Gasteiger partial charge in [-0.15, -0.1) is 0 Å². The molecular weight excluding hydrogens is 395 g/mol. The van der Waals surface area contributed by atoms with Crippen molar-refractivity contribution < 1.29 is 26.3 Å². The van der Waals surface area contributed by atoms with Crippen LogP contribution < -0.4 is 9.88 Å². The fraction of sp³-hybridized carbons (Fsp3) is 0.167. The van der Waals surface area contributed by atoms with Crippen molar-refractivity contribution >= 4 is 10.0 Å². The number of nitrogens with zero attached hydrogens (tertiary/aromatic N) is 1. The molecule has 0 saturated carbocycles. The Labute approximate surface area is 159 Å². The molecule has 0 saturated heterocycles. The smallest absolute Gasteiger partial charge is 0.416 e. The predicted molar refractivity (Wildman–Crippen MR) is 96.4 cm³/mol. The van der Waals surface area contributed by atoms with Crippen LogP contribution in [0, 0.1) is 13.8 Å². The second kappa shape index (κ2) is 6.95. The number of halogens is 3. The van der Waals surface area contributed by atoms with Gasteiger partial charge in [-0.3, -0.25) is 0 Å². The van der Waals surface area contributed by atoms with Crippen LogP contribution in [-0.2, 0) is 16.2 Å². The molecule has 10 heteroatoms. The second-order valence-electron chi connectivity index (χ2n) is 6.17. The Balaban J connectivity index is 2.20. The van der Waals surface area contributed by atoms with Crippen molar-refractivity contribution in [1.29, 1.82) is 0 Å². The molecule has 1 heterocycles. The number of primary sulfonamides is 1. The molecule has 0 spiro atoms. The number of nitrogens with two attached hydrogens (primary N) is 1. The van der Waals surface area contributed by atoms with Gasteiger partial charge in [0.1, 0.15) is 17.3 Å². The number of rotatable bonds is 4. The second-order valence-corrected chi connectivity index (χ2v) is 7.67. The summed E-state index contributed by atoms with van der Waals surface area (Å²) in [5.41, 5.74) is 0.164. The lowest BCUT2D eigenvalue weighted by atomic mass is 10.1. The summed E-state index contributed by atoms with van der Waals surface area (Å²) >= 11 is 0. The van der Waals surface area contributed by atoms with Crippen LogP contribution in [0.2, 0.25) is 0 Å². The zero-order chi connectivity index (χ0) is 20.7. The van der Waals surface area contributed by atoms with E-state index in [0.29, 0.717) is 11.3 Å². The Morgan fingerprint density at radius 2 is 1.86 bits per heavy atom. The SMILES string of the molecule is Cc1cnc(-c2c(Oc3cccc(C(F)(F)F)c3)ccc(C)c2S(N)(=O)=O)[nH]1. The average Bonchev–Trinajstić information content (AvgIpc) is 3.00. The van der Waals surface area contributed by atoms with Crippen molar-refractivity contribution in [2.45, 2.75) is 24.9 Å². The molecule has 0 amide bonds. The van der Waals surface area contributed by atoms with Crippen LogP contribution in [0.1, 0.15) is 16.8 Å². The molecule has 0 aliphatic carbocycles. The van der Waals surface area contributed by atoms with Crippen LogP contribution in [0.15, 0.2) is 47.5 Å². The van der Waals surface area contributed by atoms with Crippen LogP contribution in [-0.4, -0.2) is 18.4 Å². The molecule has 0 atom stereocenters. The van der Waals surface area contributed by atoms with Gasteiger partial charge in [0, 0.05) is 11.9 Å². The summed E-state index contributed by atoms with van der Waals surface area (Å²) in [5.74, 6) is 0.0686. The molecule has 3 rings (SSSR count). The zero-order valence-corrected chi connectivity index (χ0v) is 15.6. The number of aromatic nitrogens is 2. The number of alkyl halides is 3. The van der Waals surface area contributed by atoms with Crippen LogP contribution in [0.3, 0.4) is 0 Å². The van der Waals surface area contributed by atoms with E-state index in [1.54, 1.807) is 13.8 Å². The van der Waals surface area contributed by atoms with Crippen molar-refractivity contribution in [2.24, 2.45) is 5.14 Å². The molecule has 0 aliphatic heterocycles. The molecule has 0 bridgehead atoms. The van der Waals surface area contributed by atoms with Gasteiger partial charge < -0.3 is 9.72 Å². The third-order valence-electron chi connectivity index (χ3n) is 3.93. The Morgan fingerprint density at radius 1 is 1.14 bits per heavy atom. The number of nitrogens with one attached hydrogen (secondary N) is 1. The van der Waals surface area contributed by atoms with Gasteiger partial charge in [0.2, 0.25) is 10.0 Å². The van der Waals surface area contributed by atoms with Crippen LogP contribution in [0.5, 0.6) is 11.5 Å². The number of aromatic amines is 1. The van der Waals surface area contributed by atoms with E-state index in [1.807, 2.05) is 0 Å². The van der Waals surface area contributed by atoms with Gasteiger partial charge in [-0.2, -0.15) is 13.2 Å². The fourth-order valence-corrected chi connectivity index (χ4v) is 3.75. The summed E-state index contributed by atoms with van der Waals surface area (Å²) in [5, 5.41) is 5.37. The molecule has 0 radical (unpaired) electrons. The van der Waals surface area contributed by atoms with Crippen LogP contribution in [0.4, 0.5) is 13.2 Å². The number of benzene rings is 2. The van der Waals surface area contributed by atoms with Gasteiger partial charge in [-0.1, -0.05) is 12.1 Å². The molecule has 3 aromatic rings. The molecule has 0 unspecified atom stereocenters. The van der Waals surface area contributed by atoms with E-state index >= 15 is 0 Å². The summed E-state index contributed by atoms with van der Waals surface area (Å²) < 4.78 is 68.9. The third-order valence-corrected chi connectivity index (χ3v) is 5.02. The van der Waals surface area contributed by atoms with E-state index in [4.69, 9.17) is 9.88 Å². The largest absolute Gasteiger partial charge is 0.457 e. The van der Waals surface area contributed by atoms with Crippen molar-refractivity contribution in [2.75, 3.05) is 0 Å². The van der Waals surface area contributed by atoms with Gasteiger partial charge in [-0.25, -0.2) is 18.5 Å². The Morgan fingerprint density at radius 3 is 2.43 bits per heavy atom. The van der Waals surface area contributed by atoms with E-state index < -0.39 is 21.8 Å². The summed E-state index contributed by atoms with van der Waals surface area (Å²) in [6.45, 7) is 3.27. The number of ether oxygens (including phenoxy) is 1. The maximum atomic E-state index is 13.0. The lowest BCUT2D eigenvalue weighted by Gasteiger charge is -2.16. The molecule has 148 valence electrons. The first-order valence-electron chi connectivity index (χ1n) is 8.00. The topological polar surface area (TPSA) is 98.1 Å². The maximum Gasteiger partial charge on any atom is 0.416 e. The zero-order valence-electron chi connectivity index (χ0n) is 14.8. The van der Waals surface area contributed by atoms with Crippen molar-refractivity contribution in [1.82, 2.24) is 9.97 Å². The van der Waals surface area contributed by atoms with E-state index in [1.165, 1.54) is 30.5 Å². The minimum atomic E-state index is -4.54. The highest BCUT2D eigenvalue weighted by atomic mass is 32.2. The van der Waals surface area contributed by atoms with Gasteiger partial charge >= 0.3 is 6.18 Å². The number of imidazole rings is 1. The summed E-state index contributed by atoms with van der Waals surface area (Å²) in [6.07, 6.45) is -3.06. The molecule has 1 aromatic heterocycles. The average molecular weight is 411 g/mol. The molecule has 28 heavy (non-hydrogen) atoms. The summed E-state index contributed by atoms with van der Waals surface area (Å²) in [7, 11) is -4.17. The van der Waals surface area contributed by atoms with E-state index in [2.05, 4.69) is 9.97 Å². The standard InChI is InChI=1S/C18H16F3N3O3S/c1-10-6-7-14(27-13-5-3-4-12(8-13)18(19,20)21)15(16(10)28(22,25)26)17-23-9-11(2)24-17/h3-9H,1-2H3,(H,23,24)(H2,22,25,26). The first-order valence-corrected chi connectivity index (χ1v) is 9.55. The fourth-order valence-electron chi connectivity index (χ4n) is 2.75. The lowest BCUT2D eigenvalue weighted by Crippen LogP contribution is -2.16. The number of H-pyrrole nitrogens is 1. The monoisotopic (exact) mass is 411 g/mol. The molecule has 0 aliphatic rings. The van der Waals surface area contributed by atoms with Crippen LogP contribution >= 0.6 is 0 Å². The van der Waals surface area contributed by atoms with Crippen LogP contribution in [0.25, 0.3) is 11.4 Å². The Bertz CT molecular complexity index is 1140. The van der Waals surface area contributed by atoms with E-state index in [9.17, 15) is 21.6 Å². The molecule has 3 N–H and O–H groups in total. The number of hydrogen-bond acceptors (Lipinski definition) is 4. The highest BCUT2D eigenvalue weighted by molar-refractivity contribution is 7.89. The van der Waals surface area contributed by atoms with Crippen molar-refractivity contribution in [3.8, 4) is 22.9 Å². The minimum Gasteiger partial charge on any atom is -0.457 e. The van der Waals surface area contributed by atoms with E-state index in [-0.39, 0.29) is 27.8 Å². The maximum absolute atomic E-state index is 13.0. The van der Waals surface area contributed by atoms with Crippen molar-refractivity contribution in [3.05, 3.63) is 59.4 Å². The van der Waals surface area contributed by atoms with Gasteiger partial charge in [-0.05, 0) is 43.7 Å². The Hall–Kier alpha value is -2.85. The molecule has 0 fully saturated rings. The molecular formula is C18H16F3N3O3S. The van der Waals surface area contributed by atoms with E-state index in [0.717, 1.165) is 12.1 Å². The number of hydrogen-bond donors (Lipinski definition) is 2.